The second kappa shape index (κ2) is 12.2. The maximum absolute atomic E-state index is 11.2. The van der Waals surface area contributed by atoms with E-state index in [1.165, 1.54) is 37.9 Å². The fraction of sp³-hybridized carbons (Fsp3) is 0.826. The van der Waals surface area contributed by atoms with Gasteiger partial charge in [0.05, 0.1) is 19.6 Å². The summed E-state index contributed by atoms with van der Waals surface area (Å²) in [6, 6.07) is 0. The molecule has 0 amide bonds. The molecule has 5 N–H and O–H groups in total. The van der Waals surface area contributed by atoms with Crippen LogP contribution in [0.1, 0.15) is 84.5 Å². The molecule has 0 aromatic rings. The largest absolute Gasteiger partial charge is 0.370 e. The predicted octanol–water partition coefficient (Wildman–Crippen LogP) is 3.19. The molecule has 29 heavy (non-hydrogen) atoms. The molecule has 0 aliphatic carbocycles. The van der Waals surface area contributed by atoms with Crippen LogP contribution in [-0.2, 0) is 0 Å². The van der Waals surface area contributed by atoms with Crippen LogP contribution in [0.3, 0.4) is 0 Å². The summed E-state index contributed by atoms with van der Waals surface area (Å²) in [5.41, 5.74) is 9.95. The molecular formula is C23H44N5O+. The molecule has 2 aliphatic heterocycles. The standard InChI is InChI=1S/C23H44N5O/c1-20(2)12-7-4-3-5-8-14-23(29)15-13-21-27(18-11-19-28(21)23)17-10-6-9-16-26-22(24)25/h13,15,20,29H,3-12,14,16-19H2,1-2H3,(H4,24,25,26)/q+1. The van der Waals surface area contributed by atoms with E-state index in [2.05, 4.69) is 34.4 Å². The molecule has 0 radical (unpaired) electrons. The Kier molecular flexibility index (Phi) is 9.98. The first-order valence-corrected chi connectivity index (χ1v) is 11.8. The third-order valence-electron chi connectivity index (χ3n) is 6.08. The number of aliphatic hydroxyl groups is 1. The Balaban J connectivity index is 1.73. The van der Waals surface area contributed by atoms with Gasteiger partial charge in [0.2, 0.25) is 5.72 Å². The molecular weight excluding hydrogens is 362 g/mol. The number of amidine groups is 1. The van der Waals surface area contributed by atoms with E-state index >= 15 is 0 Å². The van der Waals surface area contributed by atoms with Crippen LogP contribution in [0.5, 0.6) is 0 Å². The maximum atomic E-state index is 11.2. The summed E-state index contributed by atoms with van der Waals surface area (Å²) >= 11 is 0. The van der Waals surface area contributed by atoms with E-state index in [0.29, 0.717) is 6.54 Å². The van der Waals surface area contributed by atoms with Crippen molar-refractivity contribution >= 4 is 11.8 Å². The Morgan fingerprint density at radius 3 is 2.62 bits per heavy atom. The summed E-state index contributed by atoms with van der Waals surface area (Å²) in [6.07, 6.45) is 17.0. The van der Waals surface area contributed by atoms with Gasteiger partial charge < -0.3 is 16.6 Å². The van der Waals surface area contributed by atoms with Crippen molar-refractivity contribution in [1.82, 2.24) is 4.90 Å². The highest BCUT2D eigenvalue weighted by atomic mass is 16.3. The van der Waals surface area contributed by atoms with Crippen LogP contribution in [0.4, 0.5) is 0 Å². The topological polar surface area (TPSA) is 90.9 Å². The number of aliphatic imine (C=N–C) groups is 1. The van der Waals surface area contributed by atoms with Gasteiger partial charge in [-0.1, -0.05) is 46.0 Å². The lowest BCUT2D eigenvalue weighted by Gasteiger charge is -2.32. The lowest BCUT2D eigenvalue weighted by molar-refractivity contribution is -0.539. The average Bonchev–Trinajstić information content (AvgIpc) is 3.01. The van der Waals surface area contributed by atoms with Gasteiger partial charge in [-0.3, -0.25) is 9.57 Å². The van der Waals surface area contributed by atoms with Gasteiger partial charge in [-0.15, -0.1) is 0 Å². The van der Waals surface area contributed by atoms with Crippen LogP contribution in [0.2, 0.25) is 0 Å². The summed E-state index contributed by atoms with van der Waals surface area (Å²) in [4.78, 5) is 6.27. The molecule has 1 unspecified atom stereocenters. The van der Waals surface area contributed by atoms with Gasteiger partial charge in [0.25, 0.3) is 5.84 Å². The number of fused-ring (bicyclic) bond motifs is 1. The summed E-state index contributed by atoms with van der Waals surface area (Å²) in [5.74, 6) is 2.20. The summed E-state index contributed by atoms with van der Waals surface area (Å²) in [6.45, 7) is 8.37. The van der Waals surface area contributed by atoms with Crippen molar-refractivity contribution in [2.24, 2.45) is 22.4 Å². The highest BCUT2D eigenvalue weighted by molar-refractivity contribution is 5.92. The van der Waals surface area contributed by atoms with Crippen molar-refractivity contribution < 1.29 is 9.68 Å². The number of hydrogen-bond acceptors (Lipinski definition) is 3. The number of unbranched alkanes of at least 4 members (excludes halogenated alkanes) is 6. The van der Waals surface area contributed by atoms with E-state index in [9.17, 15) is 5.11 Å². The minimum atomic E-state index is -0.778. The Labute approximate surface area is 177 Å². The Morgan fingerprint density at radius 2 is 1.86 bits per heavy atom. The fourth-order valence-corrected chi connectivity index (χ4v) is 4.42. The maximum Gasteiger partial charge on any atom is 0.274 e. The zero-order chi connectivity index (χ0) is 21.1. The van der Waals surface area contributed by atoms with Crippen LogP contribution in [0.15, 0.2) is 17.1 Å². The molecule has 0 bridgehead atoms. The molecule has 2 rings (SSSR count). The zero-order valence-electron chi connectivity index (χ0n) is 18.8. The van der Waals surface area contributed by atoms with E-state index in [-0.39, 0.29) is 5.96 Å². The molecule has 0 aromatic heterocycles. The van der Waals surface area contributed by atoms with Crippen molar-refractivity contribution in [1.29, 1.82) is 0 Å². The van der Waals surface area contributed by atoms with Gasteiger partial charge in [0.15, 0.2) is 5.96 Å². The van der Waals surface area contributed by atoms with Crippen molar-refractivity contribution in [2.45, 2.75) is 90.2 Å². The van der Waals surface area contributed by atoms with E-state index in [0.717, 1.165) is 64.1 Å². The molecule has 2 aliphatic rings. The van der Waals surface area contributed by atoms with Crippen molar-refractivity contribution in [3.8, 4) is 0 Å². The number of guanidine groups is 1. The predicted molar refractivity (Wildman–Crippen MR) is 122 cm³/mol. The van der Waals surface area contributed by atoms with E-state index < -0.39 is 5.72 Å². The fourth-order valence-electron chi connectivity index (χ4n) is 4.42. The smallest absolute Gasteiger partial charge is 0.274 e. The molecule has 0 spiro atoms. The Hall–Kier alpha value is -1.56. The molecule has 6 nitrogen and oxygen atoms in total. The van der Waals surface area contributed by atoms with Gasteiger partial charge in [0, 0.05) is 25.5 Å². The molecule has 6 heteroatoms. The van der Waals surface area contributed by atoms with Crippen LogP contribution >= 0.6 is 0 Å². The zero-order valence-corrected chi connectivity index (χ0v) is 18.8. The van der Waals surface area contributed by atoms with E-state index in [1.54, 1.807) is 0 Å². The summed E-state index contributed by atoms with van der Waals surface area (Å²) in [7, 11) is 0. The molecule has 2 heterocycles. The third-order valence-corrected chi connectivity index (χ3v) is 6.08. The van der Waals surface area contributed by atoms with Crippen molar-refractivity contribution in [2.75, 3.05) is 26.2 Å². The molecule has 0 saturated heterocycles. The molecule has 0 saturated carbocycles. The lowest BCUT2D eigenvalue weighted by Crippen LogP contribution is -2.52. The second-order valence-electron chi connectivity index (χ2n) is 9.13. The highest BCUT2D eigenvalue weighted by Gasteiger charge is 2.46. The van der Waals surface area contributed by atoms with Crippen LogP contribution in [0, 0.1) is 5.92 Å². The first-order chi connectivity index (χ1) is 13.9. The third kappa shape index (κ3) is 8.00. The minimum absolute atomic E-state index is 0.179. The van der Waals surface area contributed by atoms with E-state index in [1.807, 2.05) is 6.08 Å². The Bertz CT molecular complexity index is 580. The molecule has 1 atom stereocenters. The number of hydrogen-bond donors (Lipinski definition) is 3. The first kappa shape index (κ1) is 23.7. The number of nitrogens with two attached hydrogens (primary N) is 2. The molecule has 0 fully saturated rings. The minimum Gasteiger partial charge on any atom is -0.370 e. The van der Waals surface area contributed by atoms with Crippen LogP contribution in [0.25, 0.3) is 0 Å². The second-order valence-corrected chi connectivity index (χ2v) is 9.13. The van der Waals surface area contributed by atoms with Gasteiger partial charge in [-0.05, 0) is 37.7 Å². The average molecular weight is 407 g/mol. The number of rotatable bonds is 14. The van der Waals surface area contributed by atoms with Gasteiger partial charge in [-0.25, -0.2) is 4.90 Å². The van der Waals surface area contributed by atoms with Crippen LogP contribution in [-0.4, -0.2) is 58.3 Å². The highest BCUT2D eigenvalue weighted by Crippen LogP contribution is 2.30. The molecule has 0 aromatic carbocycles. The van der Waals surface area contributed by atoms with Crippen molar-refractivity contribution in [3.05, 3.63) is 12.2 Å². The van der Waals surface area contributed by atoms with E-state index in [4.69, 9.17) is 11.5 Å². The Morgan fingerprint density at radius 1 is 1.14 bits per heavy atom. The first-order valence-electron chi connectivity index (χ1n) is 11.8. The van der Waals surface area contributed by atoms with Crippen LogP contribution < -0.4 is 11.5 Å². The lowest BCUT2D eigenvalue weighted by atomic mass is 10.0. The summed E-state index contributed by atoms with van der Waals surface area (Å²) < 4.78 is 2.43. The normalized spacial score (nSPS) is 21.2. The van der Waals surface area contributed by atoms with Gasteiger partial charge in [-0.2, -0.15) is 0 Å². The van der Waals surface area contributed by atoms with Gasteiger partial charge in [0.1, 0.15) is 0 Å². The monoisotopic (exact) mass is 406 g/mol. The summed E-state index contributed by atoms with van der Waals surface area (Å²) in [5, 5.41) is 11.2. The van der Waals surface area contributed by atoms with Crippen molar-refractivity contribution in [3.63, 3.8) is 0 Å². The number of nitrogens with zero attached hydrogens (tertiary/aromatic N) is 3. The SMILES string of the molecule is CC(C)CCCCCCCC1(O)C=CC2=[N+](CCCCCN=C(N)N)CCCN21. The van der Waals surface area contributed by atoms with Gasteiger partial charge >= 0.3 is 0 Å². The molecule has 166 valence electrons. The quantitative estimate of drug-likeness (QED) is 0.179.